The Morgan fingerprint density at radius 1 is 1.16 bits per heavy atom. The lowest BCUT2D eigenvalue weighted by Crippen LogP contribution is -2.14. The standard InChI is InChI=1S/C14H13BrN2O2/c1-17(2)8-11-13(18)12(16-14(11)19)7-9-3-5-10(15)6-4-9/h3-8H,1-2H3,(H,16,19)/b11-8+,12-7+. The van der Waals surface area contributed by atoms with Gasteiger partial charge in [0, 0.05) is 24.8 Å². The molecule has 0 aliphatic carbocycles. The van der Waals surface area contributed by atoms with Gasteiger partial charge in [0.15, 0.2) is 0 Å². The van der Waals surface area contributed by atoms with Crippen molar-refractivity contribution in [2.24, 2.45) is 0 Å². The highest BCUT2D eigenvalue weighted by Gasteiger charge is 2.31. The first kappa shape index (κ1) is 13.5. The van der Waals surface area contributed by atoms with Crippen LogP contribution in [0, 0.1) is 0 Å². The van der Waals surface area contributed by atoms with Crippen LogP contribution in [0.4, 0.5) is 0 Å². The Bertz CT molecular complexity index is 586. The highest BCUT2D eigenvalue weighted by molar-refractivity contribution is 9.10. The van der Waals surface area contributed by atoms with Gasteiger partial charge in [-0.2, -0.15) is 0 Å². The molecule has 1 heterocycles. The molecule has 0 radical (unpaired) electrons. The zero-order valence-corrected chi connectivity index (χ0v) is 12.2. The average molecular weight is 321 g/mol. The molecular formula is C14H13BrN2O2. The van der Waals surface area contributed by atoms with Crippen molar-refractivity contribution in [3.05, 3.63) is 51.8 Å². The van der Waals surface area contributed by atoms with Crippen LogP contribution in [0.1, 0.15) is 5.56 Å². The maximum absolute atomic E-state index is 12.1. The monoisotopic (exact) mass is 320 g/mol. The lowest BCUT2D eigenvalue weighted by Gasteiger charge is -2.03. The summed E-state index contributed by atoms with van der Waals surface area (Å²) >= 11 is 3.34. The fraction of sp³-hybridized carbons (Fsp3) is 0.143. The summed E-state index contributed by atoms with van der Waals surface area (Å²) in [5.74, 6) is -0.635. The summed E-state index contributed by atoms with van der Waals surface area (Å²) in [7, 11) is 3.54. The van der Waals surface area contributed by atoms with Crippen LogP contribution in [0.25, 0.3) is 6.08 Å². The molecule has 0 saturated carbocycles. The molecule has 1 saturated heterocycles. The minimum absolute atomic E-state index is 0.161. The van der Waals surface area contributed by atoms with Crippen molar-refractivity contribution in [2.45, 2.75) is 0 Å². The molecular weight excluding hydrogens is 308 g/mol. The topological polar surface area (TPSA) is 49.4 Å². The summed E-state index contributed by atoms with van der Waals surface area (Å²) in [6, 6.07) is 7.49. The molecule has 1 aliphatic rings. The Balaban J connectivity index is 2.31. The number of carbonyl (C=O) groups excluding carboxylic acids is 2. The minimum atomic E-state index is -0.359. The Morgan fingerprint density at radius 3 is 2.37 bits per heavy atom. The van der Waals surface area contributed by atoms with E-state index in [1.807, 2.05) is 24.3 Å². The second-order valence-electron chi connectivity index (χ2n) is 4.40. The van der Waals surface area contributed by atoms with Crippen LogP contribution in [0.5, 0.6) is 0 Å². The maximum atomic E-state index is 12.1. The second kappa shape index (κ2) is 5.40. The van der Waals surface area contributed by atoms with Crippen molar-refractivity contribution in [1.82, 2.24) is 10.2 Å². The van der Waals surface area contributed by atoms with Crippen LogP contribution in [0.2, 0.25) is 0 Å². The third-order valence-corrected chi connectivity index (χ3v) is 3.08. The zero-order valence-electron chi connectivity index (χ0n) is 10.6. The minimum Gasteiger partial charge on any atom is -0.383 e. The van der Waals surface area contributed by atoms with E-state index in [0.717, 1.165) is 10.0 Å². The summed E-state index contributed by atoms with van der Waals surface area (Å²) < 4.78 is 0.963. The number of ketones is 1. The first-order chi connectivity index (χ1) is 8.97. The summed E-state index contributed by atoms with van der Waals surface area (Å²) in [6.45, 7) is 0. The van der Waals surface area contributed by atoms with Gasteiger partial charge in [0.1, 0.15) is 5.57 Å². The molecule has 0 unspecified atom stereocenters. The molecule has 4 nitrogen and oxygen atoms in total. The number of rotatable bonds is 2. The van der Waals surface area contributed by atoms with Crippen molar-refractivity contribution in [2.75, 3.05) is 14.1 Å². The molecule has 1 N–H and O–H groups in total. The van der Waals surface area contributed by atoms with Crippen LogP contribution in [-0.4, -0.2) is 30.7 Å². The summed E-state index contributed by atoms with van der Waals surface area (Å²) in [6.07, 6.45) is 3.20. The number of allylic oxidation sites excluding steroid dienone is 1. The van der Waals surface area contributed by atoms with Crippen molar-refractivity contribution in [1.29, 1.82) is 0 Å². The van der Waals surface area contributed by atoms with E-state index in [1.54, 1.807) is 25.1 Å². The molecule has 1 aliphatic heterocycles. The Hall–Kier alpha value is -1.88. The molecule has 0 spiro atoms. The van der Waals surface area contributed by atoms with E-state index in [-0.39, 0.29) is 17.3 Å². The van der Waals surface area contributed by atoms with Crippen molar-refractivity contribution in [3.8, 4) is 0 Å². The number of hydrogen-bond acceptors (Lipinski definition) is 3. The average Bonchev–Trinajstić information content (AvgIpc) is 2.60. The molecule has 1 aromatic carbocycles. The number of nitrogens with zero attached hydrogens (tertiary/aromatic N) is 1. The molecule has 1 fully saturated rings. The van der Waals surface area contributed by atoms with Crippen molar-refractivity contribution >= 4 is 33.7 Å². The predicted molar refractivity (Wildman–Crippen MR) is 77.0 cm³/mol. The van der Waals surface area contributed by atoms with Gasteiger partial charge in [0.05, 0.1) is 5.70 Å². The third kappa shape index (κ3) is 3.12. The van der Waals surface area contributed by atoms with Gasteiger partial charge in [0.2, 0.25) is 5.78 Å². The molecule has 2 rings (SSSR count). The van der Waals surface area contributed by atoms with E-state index in [1.165, 1.54) is 6.20 Å². The van der Waals surface area contributed by atoms with Crippen molar-refractivity contribution < 1.29 is 9.59 Å². The summed E-state index contributed by atoms with van der Waals surface area (Å²) in [5, 5.41) is 2.59. The number of nitrogens with one attached hydrogen (secondary N) is 1. The highest BCUT2D eigenvalue weighted by Crippen LogP contribution is 2.18. The van der Waals surface area contributed by atoms with Gasteiger partial charge in [0.25, 0.3) is 5.91 Å². The normalized spacial score (nSPS) is 19.1. The smallest absolute Gasteiger partial charge is 0.261 e. The van der Waals surface area contributed by atoms with Crippen LogP contribution in [-0.2, 0) is 9.59 Å². The van der Waals surface area contributed by atoms with Gasteiger partial charge in [-0.05, 0) is 23.8 Å². The van der Waals surface area contributed by atoms with E-state index in [4.69, 9.17) is 0 Å². The Kier molecular flexibility index (Phi) is 3.85. The lowest BCUT2D eigenvalue weighted by atomic mass is 10.1. The van der Waals surface area contributed by atoms with Crippen LogP contribution in [0.15, 0.2) is 46.2 Å². The molecule has 0 aromatic heterocycles. The number of amides is 1. The van der Waals surface area contributed by atoms with Gasteiger partial charge >= 0.3 is 0 Å². The van der Waals surface area contributed by atoms with Crippen LogP contribution >= 0.6 is 15.9 Å². The highest BCUT2D eigenvalue weighted by atomic mass is 79.9. The first-order valence-corrected chi connectivity index (χ1v) is 6.48. The second-order valence-corrected chi connectivity index (χ2v) is 5.31. The van der Waals surface area contributed by atoms with Gasteiger partial charge < -0.3 is 10.2 Å². The van der Waals surface area contributed by atoms with Gasteiger partial charge in [-0.3, -0.25) is 9.59 Å². The predicted octanol–water partition coefficient (Wildman–Crippen LogP) is 1.93. The first-order valence-electron chi connectivity index (χ1n) is 5.69. The number of halogens is 1. The SMILES string of the molecule is CN(C)/C=C1/C(=O)N/C(=C/c2ccc(Br)cc2)C1=O. The molecule has 19 heavy (non-hydrogen) atoms. The lowest BCUT2D eigenvalue weighted by molar-refractivity contribution is -0.117. The number of benzene rings is 1. The number of carbonyl (C=O) groups is 2. The molecule has 1 amide bonds. The zero-order chi connectivity index (χ0) is 14.0. The number of hydrogen-bond donors (Lipinski definition) is 1. The quantitative estimate of drug-likeness (QED) is 0.669. The molecule has 0 atom stereocenters. The van der Waals surface area contributed by atoms with E-state index in [9.17, 15) is 9.59 Å². The molecule has 0 bridgehead atoms. The fourth-order valence-corrected chi connectivity index (χ4v) is 1.96. The van der Waals surface area contributed by atoms with Crippen molar-refractivity contribution in [3.63, 3.8) is 0 Å². The van der Waals surface area contributed by atoms with E-state index in [2.05, 4.69) is 21.2 Å². The molecule has 1 aromatic rings. The summed E-state index contributed by atoms with van der Waals surface area (Å²) in [4.78, 5) is 25.4. The molecule has 5 heteroatoms. The Morgan fingerprint density at radius 2 is 1.79 bits per heavy atom. The van der Waals surface area contributed by atoms with E-state index in [0.29, 0.717) is 5.70 Å². The fourth-order valence-electron chi connectivity index (χ4n) is 1.70. The van der Waals surface area contributed by atoms with Crippen LogP contribution in [0.3, 0.4) is 0 Å². The van der Waals surface area contributed by atoms with E-state index >= 15 is 0 Å². The van der Waals surface area contributed by atoms with Crippen LogP contribution < -0.4 is 5.32 Å². The largest absolute Gasteiger partial charge is 0.383 e. The number of Topliss-reactive ketones (excluding diaryl/α,β-unsaturated/α-hetero) is 1. The molecule has 98 valence electrons. The van der Waals surface area contributed by atoms with Gasteiger partial charge in [-0.25, -0.2) is 0 Å². The van der Waals surface area contributed by atoms with E-state index < -0.39 is 0 Å². The third-order valence-electron chi connectivity index (χ3n) is 2.55. The summed E-state index contributed by atoms with van der Waals surface area (Å²) in [5.41, 5.74) is 1.33. The maximum Gasteiger partial charge on any atom is 0.261 e. The Labute approximate surface area is 119 Å². The van der Waals surface area contributed by atoms with Gasteiger partial charge in [-0.1, -0.05) is 28.1 Å². The van der Waals surface area contributed by atoms with Gasteiger partial charge in [-0.15, -0.1) is 0 Å².